The Kier molecular flexibility index (Phi) is 1.36. The third-order valence-corrected chi connectivity index (χ3v) is 4.09. The second-order valence-corrected chi connectivity index (χ2v) is 4.87. The predicted molar refractivity (Wildman–Crippen MR) is 44.7 cm³/mol. The molecule has 2 nitrogen and oxygen atoms in total. The molecular formula is C9H10ClNO. The van der Waals surface area contributed by atoms with Gasteiger partial charge in [0.25, 0.3) is 0 Å². The molecule has 2 aliphatic carbocycles. The van der Waals surface area contributed by atoms with Crippen molar-refractivity contribution in [1.29, 1.82) is 5.26 Å². The number of nitriles is 1. The molecule has 2 saturated carbocycles. The first-order valence-corrected chi connectivity index (χ1v) is 4.51. The zero-order chi connectivity index (χ0) is 8.98. The van der Waals surface area contributed by atoms with E-state index in [9.17, 15) is 4.79 Å². The molecule has 2 fully saturated rings. The first kappa shape index (κ1) is 8.07. The smallest absolute Gasteiger partial charge is 0.154 e. The third-order valence-electron chi connectivity index (χ3n) is 3.48. The van der Waals surface area contributed by atoms with E-state index in [2.05, 4.69) is 6.07 Å². The number of carbonyl (C=O) groups excluding carboxylic acids is 1. The number of nitrogens with zero attached hydrogens (tertiary/aromatic N) is 1. The van der Waals surface area contributed by atoms with Crippen molar-refractivity contribution in [3.05, 3.63) is 0 Å². The van der Waals surface area contributed by atoms with Gasteiger partial charge in [-0.25, -0.2) is 0 Å². The average molecular weight is 184 g/mol. The molecule has 0 amide bonds. The van der Waals surface area contributed by atoms with Crippen molar-refractivity contribution in [2.24, 2.45) is 11.3 Å². The molecule has 0 bridgehead atoms. The molecule has 0 N–H and O–H groups in total. The Labute approximate surface area is 76.5 Å². The van der Waals surface area contributed by atoms with E-state index < -0.39 is 4.87 Å². The second kappa shape index (κ2) is 2.03. The monoisotopic (exact) mass is 183 g/mol. The molecule has 1 unspecified atom stereocenters. The summed E-state index contributed by atoms with van der Waals surface area (Å²) in [6, 6.07) is 2.21. The quantitative estimate of drug-likeness (QED) is 0.538. The first-order valence-electron chi connectivity index (χ1n) is 4.14. The van der Waals surface area contributed by atoms with Crippen molar-refractivity contribution in [3.63, 3.8) is 0 Å². The highest BCUT2D eigenvalue weighted by atomic mass is 35.5. The SMILES string of the molecule is CC1(Cl)C(=O)CC12CC(C#N)C2. The van der Waals surface area contributed by atoms with Crippen LogP contribution >= 0.6 is 11.6 Å². The minimum atomic E-state index is -0.666. The van der Waals surface area contributed by atoms with Gasteiger partial charge in [-0.1, -0.05) is 0 Å². The van der Waals surface area contributed by atoms with E-state index in [1.54, 1.807) is 6.92 Å². The summed E-state index contributed by atoms with van der Waals surface area (Å²) in [5.41, 5.74) is -0.0218. The Morgan fingerprint density at radius 3 is 2.58 bits per heavy atom. The fraction of sp³-hybridized carbons (Fsp3) is 0.778. The van der Waals surface area contributed by atoms with Crippen LogP contribution in [-0.4, -0.2) is 10.7 Å². The summed E-state index contributed by atoms with van der Waals surface area (Å²) in [5.74, 6) is 0.275. The number of ketones is 1. The Balaban J connectivity index is 2.11. The molecule has 0 aromatic heterocycles. The molecule has 0 aliphatic heterocycles. The lowest BCUT2D eigenvalue weighted by atomic mass is 9.46. The minimum absolute atomic E-state index is 0.0218. The van der Waals surface area contributed by atoms with Gasteiger partial charge >= 0.3 is 0 Å². The maximum atomic E-state index is 11.1. The standard InChI is InChI=1S/C9H10ClNO/c1-8(10)7(12)4-9(8)2-6(3-9)5-11/h6H,2-4H2,1H3. The lowest BCUT2D eigenvalue weighted by Gasteiger charge is -2.60. The Morgan fingerprint density at radius 2 is 2.25 bits per heavy atom. The molecule has 64 valence electrons. The molecule has 1 atom stereocenters. The number of Topliss-reactive ketones (excluding diaryl/α,β-unsaturated/α-hetero) is 1. The number of rotatable bonds is 0. The van der Waals surface area contributed by atoms with Gasteiger partial charge in [0.1, 0.15) is 4.87 Å². The second-order valence-electron chi connectivity index (χ2n) is 4.12. The lowest BCUT2D eigenvalue weighted by Crippen LogP contribution is -2.65. The Morgan fingerprint density at radius 1 is 1.67 bits per heavy atom. The lowest BCUT2D eigenvalue weighted by molar-refractivity contribution is -0.148. The summed E-state index contributed by atoms with van der Waals surface area (Å²) >= 11 is 6.08. The van der Waals surface area contributed by atoms with Gasteiger partial charge in [0.15, 0.2) is 5.78 Å². The number of hydrogen-bond donors (Lipinski definition) is 0. The summed E-state index contributed by atoms with van der Waals surface area (Å²) in [4.78, 5) is 10.5. The van der Waals surface area contributed by atoms with Crippen LogP contribution < -0.4 is 0 Å². The van der Waals surface area contributed by atoms with Gasteiger partial charge in [-0.15, -0.1) is 11.6 Å². The van der Waals surface area contributed by atoms with Crippen LogP contribution in [0.2, 0.25) is 0 Å². The molecule has 2 rings (SSSR count). The Bertz CT molecular complexity index is 283. The average Bonchev–Trinajstić information content (AvgIpc) is 1.95. The summed E-state index contributed by atoms with van der Waals surface area (Å²) in [6.45, 7) is 1.79. The van der Waals surface area contributed by atoms with Gasteiger partial charge in [0.2, 0.25) is 0 Å². The van der Waals surface area contributed by atoms with Crippen molar-refractivity contribution < 1.29 is 4.79 Å². The van der Waals surface area contributed by atoms with E-state index >= 15 is 0 Å². The minimum Gasteiger partial charge on any atom is -0.298 e. The number of hydrogen-bond acceptors (Lipinski definition) is 2. The van der Waals surface area contributed by atoms with Crippen LogP contribution in [0.5, 0.6) is 0 Å². The van der Waals surface area contributed by atoms with Gasteiger partial charge in [0.05, 0.1) is 6.07 Å². The summed E-state index contributed by atoms with van der Waals surface area (Å²) < 4.78 is 0. The molecule has 0 radical (unpaired) electrons. The molecule has 0 aromatic rings. The first-order chi connectivity index (χ1) is 5.52. The van der Waals surface area contributed by atoms with Crippen LogP contribution in [0.3, 0.4) is 0 Å². The predicted octanol–water partition coefficient (Wildman–Crippen LogP) is 1.88. The van der Waals surface area contributed by atoms with Crippen LogP contribution in [0, 0.1) is 22.7 Å². The number of alkyl halides is 1. The van der Waals surface area contributed by atoms with Crippen LogP contribution in [0.4, 0.5) is 0 Å². The largest absolute Gasteiger partial charge is 0.298 e. The van der Waals surface area contributed by atoms with E-state index in [1.807, 2.05) is 0 Å². The molecule has 0 aromatic carbocycles. The zero-order valence-electron chi connectivity index (χ0n) is 6.93. The van der Waals surface area contributed by atoms with Crippen LogP contribution in [0.15, 0.2) is 0 Å². The van der Waals surface area contributed by atoms with Gasteiger partial charge < -0.3 is 0 Å². The van der Waals surface area contributed by atoms with Crippen molar-refractivity contribution >= 4 is 17.4 Å². The van der Waals surface area contributed by atoms with Crippen LogP contribution in [-0.2, 0) is 4.79 Å². The molecule has 0 saturated heterocycles. The van der Waals surface area contributed by atoms with Crippen LogP contribution in [0.1, 0.15) is 26.2 Å². The van der Waals surface area contributed by atoms with Gasteiger partial charge in [-0.2, -0.15) is 5.26 Å². The zero-order valence-corrected chi connectivity index (χ0v) is 7.69. The van der Waals surface area contributed by atoms with E-state index in [-0.39, 0.29) is 17.1 Å². The topological polar surface area (TPSA) is 40.9 Å². The molecule has 12 heavy (non-hydrogen) atoms. The number of carbonyl (C=O) groups is 1. The van der Waals surface area contributed by atoms with Crippen molar-refractivity contribution in [2.45, 2.75) is 31.1 Å². The molecule has 2 aliphatic rings. The fourth-order valence-electron chi connectivity index (χ4n) is 2.33. The molecule has 0 heterocycles. The van der Waals surface area contributed by atoms with Gasteiger partial charge in [0, 0.05) is 17.8 Å². The molecule has 1 spiro atoms. The summed E-state index contributed by atoms with van der Waals surface area (Å²) in [6.07, 6.45) is 2.22. The van der Waals surface area contributed by atoms with Crippen molar-refractivity contribution in [1.82, 2.24) is 0 Å². The Hall–Kier alpha value is -0.550. The number of halogens is 1. The van der Waals surface area contributed by atoms with Crippen molar-refractivity contribution in [3.8, 4) is 6.07 Å². The van der Waals surface area contributed by atoms with E-state index in [0.29, 0.717) is 6.42 Å². The van der Waals surface area contributed by atoms with Crippen LogP contribution in [0.25, 0.3) is 0 Å². The maximum absolute atomic E-state index is 11.1. The molecular weight excluding hydrogens is 174 g/mol. The summed E-state index contributed by atoms with van der Waals surface area (Å²) in [7, 11) is 0. The van der Waals surface area contributed by atoms with E-state index in [1.165, 1.54) is 0 Å². The van der Waals surface area contributed by atoms with E-state index in [0.717, 1.165) is 12.8 Å². The summed E-state index contributed by atoms with van der Waals surface area (Å²) in [5, 5.41) is 8.60. The fourth-order valence-corrected chi connectivity index (χ4v) is 2.62. The highest BCUT2D eigenvalue weighted by molar-refractivity contribution is 6.38. The maximum Gasteiger partial charge on any atom is 0.154 e. The highest BCUT2D eigenvalue weighted by Gasteiger charge is 2.67. The third kappa shape index (κ3) is 0.682. The molecule has 3 heteroatoms. The van der Waals surface area contributed by atoms with Crippen molar-refractivity contribution in [2.75, 3.05) is 0 Å². The van der Waals surface area contributed by atoms with Gasteiger partial charge in [-0.3, -0.25) is 4.79 Å². The normalized spacial score (nSPS) is 51.1. The van der Waals surface area contributed by atoms with Gasteiger partial charge in [-0.05, 0) is 19.8 Å². The highest BCUT2D eigenvalue weighted by Crippen LogP contribution is 2.64. The van der Waals surface area contributed by atoms with E-state index in [4.69, 9.17) is 16.9 Å².